The third-order valence-electron chi connectivity index (χ3n) is 5.12. The summed E-state index contributed by atoms with van der Waals surface area (Å²) in [7, 11) is 0. The van der Waals surface area contributed by atoms with Gasteiger partial charge >= 0.3 is 0 Å². The van der Waals surface area contributed by atoms with Crippen LogP contribution in [0.25, 0.3) is 11.4 Å². The van der Waals surface area contributed by atoms with Crippen LogP contribution in [0.5, 0.6) is 0 Å². The van der Waals surface area contributed by atoms with Crippen LogP contribution in [0.2, 0.25) is 0 Å². The van der Waals surface area contributed by atoms with Gasteiger partial charge in [0.15, 0.2) is 0 Å². The van der Waals surface area contributed by atoms with Crippen LogP contribution >= 0.6 is 0 Å². The predicted molar refractivity (Wildman–Crippen MR) is 106 cm³/mol. The quantitative estimate of drug-likeness (QED) is 0.690. The maximum atomic E-state index is 13.1. The summed E-state index contributed by atoms with van der Waals surface area (Å²) in [5.74, 6) is 0.593. The molecule has 1 saturated heterocycles. The minimum absolute atomic E-state index is 0.0287. The van der Waals surface area contributed by atoms with Gasteiger partial charge < -0.3 is 9.84 Å². The van der Waals surface area contributed by atoms with Gasteiger partial charge in [0.2, 0.25) is 17.6 Å². The van der Waals surface area contributed by atoms with Gasteiger partial charge in [0.05, 0.1) is 12.6 Å². The number of carbonyl (C=O) groups excluding carboxylic acids is 1. The molecule has 6 nitrogen and oxygen atoms in total. The summed E-state index contributed by atoms with van der Waals surface area (Å²) in [6, 6.07) is 15.7. The Morgan fingerprint density at radius 1 is 1.14 bits per heavy atom. The molecule has 2 aromatic carbocycles. The van der Waals surface area contributed by atoms with E-state index >= 15 is 0 Å². The molecule has 2 heterocycles. The molecule has 1 aromatic heterocycles. The van der Waals surface area contributed by atoms with Crippen LogP contribution < -0.4 is 5.32 Å². The zero-order valence-corrected chi connectivity index (χ0v) is 16.1. The number of aromatic nitrogens is 2. The van der Waals surface area contributed by atoms with E-state index < -0.39 is 0 Å². The molecular weight excluding hydrogens is 371 g/mol. The van der Waals surface area contributed by atoms with Crippen molar-refractivity contribution in [2.75, 3.05) is 13.1 Å². The van der Waals surface area contributed by atoms with Crippen molar-refractivity contribution < 1.29 is 13.7 Å². The molecule has 1 aliphatic heterocycles. The van der Waals surface area contributed by atoms with E-state index in [1.54, 1.807) is 12.1 Å². The zero-order chi connectivity index (χ0) is 20.1. The van der Waals surface area contributed by atoms with Gasteiger partial charge in [0.25, 0.3) is 0 Å². The molecule has 29 heavy (non-hydrogen) atoms. The van der Waals surface area contributed by atoms with Crippen LogP contribution in [0, 0.1) is 5.82 Å². The molecular formula is C22H23FN4O2. The first-order chi connectivity index (χ1) is 14.2. The van der Waals surface area contributed by atoms with Crippen molar-refractivity contribution in [3.05, 3.63) is 71.9 Å². The third-order valence-corrected chi connectivity index (χ3v) is 5.12. The average Bonchev–Trinajstić information content (AvgIpc) is 3.24. The first-order valence-electron chi connectivity index (χ1n) is 9.83. The molecule has 0 bridgehead atoms. The number of carbonyl (C=O) groups is 1. The van der Waals surface area contributed by atoms with E-state index in [-0.39, 0.29) is 24.3 Å². The number of piperidine rings is 1. The van der Waals surface area contributed by atoms with Crippen LogP contribution in [-0.4, -0.2) is 34.0 Å². The van der Waals surface area contributed by atoms with E-state index in [9.17, 15) is 9.18 Å². The van der Waals surface area contributed by atoms with Gasteiger partial charge in [-0.3, -0.25) is 9.69 Å². The molecule has 1 amide bonds. The second-order valence-corrected chi connectivity index (χ2v) is 7.21. The lowest BCUT2D eigenvalue weighted by atomic mass is 10.0. The summed E-state index contributed by atoms with van der Waals surface area (Å²) in [4.78, 5) is 19.1. The lowest BCUT2D eigenvalue weighted by Gasteiger charge is -2.32. The standard InChI is InChI=1S/C22H23FN4O2/c23-18-11-9-17(10-12-18)21-25-22(29-26-21)19-8-4-5-13-27(19)15-20(28)24-14-16-6-2-1-3-7-16/h1-3,6-7,9-12,19H,4-5,8,13-15H2,(H,24,28). The van der Waals surface area contributed by atoms with Crippen molar-refractivity contribution in [1.29, 1.82) is 0 Å². The Bertz CT molecular complexity index is 943. The number of nitrogens with zero attached hydrogens (tertiary/aromatic N) is 3. The minimum atomic E-state index is -0.308. The van der Waals surface area contributed by atoms with E-state index in [1.165, 1.54) is 12.1 Å². The van der Waals surface area contributed by atoms with Crippen molar-refractivity contribution in [3.8, 4) is 11.4 Å². The summed E-state index contributed by atoms with van der Waals surface area (Å²) >= 11 is 0. The average molecular weight is 394 g/mol. The van der Waals surface area contributed by atoms with Gasteiger partial charge in [-0.05, 0) is 49.2 Å². The summed E-state index contributed by atoms with van der Waals surface area (Å²) in [5, 5.41) is 7.02. The van der Waals surface area contributed by atoms with Crippen LogP contribution in [0.15, 0.2) is 59.1 Å². The molecule has 0 saturated carbocycles. The van der Waals surface area contributed by atoms with Crippen molar-refractivity contribution in [2.24, 2.45) is 0 Å². The van der Waals surface area contributed by atoms with Gasteiger partial charge in [0.1, 0.15) is 5.82 Å². The van der Waals surface area contributed by atoms with E-state index in [4.69, 9.17) is 4.52 Å². The van der Waals surface area contributed by atoms with Gasteiger partial charge in [-0.15, -0.1) is 0 Å². The van der Waals surface area contributed by atoms with Gasteiger partial charge in [-0.2, -0.15) is 4.98 Å². The zero-order valence-electron chi connectivity index (χ0n) is 16.1. The molecule has 0 radical (unpaired) electrons. The van der Waals surface area contributed by atoms with E-state index in [2.05, 4.69) is 20.4 Å². The summed E-state index contributed by atoms with van der Waals surface area (Å²) in [6.45, 7) is 1.59. The van der Waals surface area contributed by atoms with Crippen molar-refractivity contribution in [3.63, 3.8) is 0 Å². The number of benzene rings is 2. The molecule has 0 aliphatic carbocycles. The first kappa shape index (κ1) is 19.3. The monoisotopic (exact) mass is 394 g/mol. The smallest absolute Gasteiger partial charge is 0.244 e. The lowest BCUT2D eigenvalue weighted by Crippen LogP contribution is -2.41. The largest absolute Gasteiger partial charge is 0.351 e. The number of rotatable bonds is 6. The van der Waals surface area contributed by atoms with Crippen LogP contribution in [0.4, 0.5) is 4.39 Å². The maximum Gasteiger partial charge on any atom is 0.244 e. The van der Waals surface area contributed by atoms with E-state index in [0.29, 0.717) is 23.8 Å². The molecule has 1 atom stereocenters. The van der Waals surface area contributed by atoms with Gasteiger partial charge in [-0.25, -0.2) is 4.39 Å². The predicted octanol–water partition coefficient (Wildman–Crippen LogP) is 3.72. The number of likely N-dealkylation sites (tertiary alicyclic amines) is 1. The maximum absolute atomic E-state index is 13.1. The normalized spacial score (nSPS) is 17.2. The Balaban J connectivity index is 1.41. The summed E-state index contributed by atoms with van der Waals surface area (Å²) in [6.07, 6.45) is 2.93. The fourth-order valence-electron chi connectivity index (χ4n) is 3.58. The highest BCUT2D eigenvalue weighted by Gasteiger charge is 2.30. The molecule has 1 unspecified atom stereocenters. The lowest BCUT2D eigenvalue weighted by molar-refractivity contribution is -0.123. The highest BCUT2D eigenvalue weighted by atomic mass is 19.1. The molecule has 0 spiro atoms. The van der Waals surface area contributed by atoms with Crippen molar-refractivity contribution in [2.45, 2.75) is 31.8 Å². The summed E-state index contributed by atoms with van der Waals surface area (Å²) < 4.78 is 18.6. The minimum Gasteiger partial charge on any atom is -0.351 e. The molecule has 1 N–H and O–H groups in total. The van der Waals surface area contributed by atoms with Crippen molar-refractivity contribution in [1.82, 2.24) is 20.4 Å². The van der Waals surface area contributed by atoms with Crippen molar-refractivity contribution >= 4 is 5.91 Å². The second kappa shape index (κ2) is 8.96. The van der Waals surface area contributed by atoms with Crippen LogP contribution in [-0.2, 0) is 11.3 Å². The highest BCUT2D eigenvalue weighted by molar-refractivity contribution is 5.78. The summed E-state index contributed by atoms with van der Waals surface area (Å²) in [5.41, 5.74) is 1.77. The van der Waals surface area contributed by atoms with Crippen LogP contribution in [0.1, 0.15) is 36.8 Å². The number of hydrogen-bond acceptors (Lipinski definition) is 5. The van der Waals surface area contributed by atoms with Gasteiger partial charge in [0, 0.05) is 12.1 Å². The fourth-order valence-corrected chi connectivity index (χ4v) is 3.58. The molecule has 3 aromatic rings. The number of amides is 1. The van der Waals surface area contributed by atoms with E-state index in [1.807, 2.05) is 30.3 Å². The Hall–Kier alpha value is -3.06. The number of halogens is 1. The topological polar surface area (TPSA) is 71.3 Å². The Morgan fingerprint density at radius 2 is 1.93 bits per heavy atom. The number of nitrogens with one attached hydrogen (secondary N) is 1. The molecule has 1 fully saturated rings. The SMILES string of the molecule is O=C(CN1CCCCC1c1nc(-c2ccc(F)cc2)no1)NCc1ccccc1. The van der Waals surface area contributed by atoms with Gasteiger partial charge in [-0.1, -0.05) is 41.9 Å². The Kier molecular flexibility index (Phi) is 5.95. The third kappa shape index (κ3) is 4.86. The molecule has 150 valence electrons. The van der Waals surface area contributed by atoms with E-state index in [0.717, 1.165) is 31.4 Å². The molecule has 7 heteroatoms. The Labute approximate surface area is 168 Å². The van der Waals surface area contributed by atoms with Crippen LogP contribution in [0.3, 0.4) is 0 Å². The number of hydrogen-bond donors (Lipinski definition) is 1. The first-order valence-corrected chi connectivity index (χ1v) is 9.83. The molecule has 4 rings (SSSR count). The fraction of sp³-hybridized carbons (Fsp3) is 0.318. The second-order valence-electron chi connectivity index (χ2n) is 7.21. The Morgan fingerprint density at radius 3 is 2.72 bits per heavy atom. The molecule has 1 aliphatic rings. The highest BCUT2D eigenvalue weighted by Crippen LogP contribution is 2.30.